The van der Waals surface area contributed by atoms with Crippen LogP contribution in [0.4, 0.5) is 0 Å². The number of nitrogens with zero attached hydrogens (tertiary/aromatic N) is 3. The third kappa shape index (κ3) is 3.42. The number of nitrogens with one attached hydrogen (secondary N) is 1. The van der Waals surface area contributed by atoms with E-state index in [9.17, 15) is 0 Å². The van der Waals surface area contributed by atoms with Crippen molar-refractivity contribution in [3.63, 3.8) is 0 Å². The summed E-state index contributed by atoms with van der Waals surface area (Å²) in [7, 11) is 0. The van der Waals surface area contributed by atoms with Gasteiger partial charge in [-0.05, 0) is 68.8 Å². The number of fused-ring (bicyclic) bond motifs is 1. The van der Waals surface area contributed by atoms with Crippen LogP contribution in [0.15, 0.2) is 42.9 Å². The minimum Gasteiger partial charge on any atom is -0.357 e. The summed E-state index contributed by atoms with van der Waals surface area (Å²) in [5.74, 6) is 0.726. The molecule has 2 saturated heterocycles. The van der Waals surface area contributed by atoms with Gasteiger partial charge in [0.2, 0.25) is 0 Å². The first-order valence-corrected chi connectivity index (χ1v) is 10.2. The molecule has 0 aliphatic carbocycles. The zero-order valence-corrected chi connectivity index (χ0v) is 16.0. The van der Waals surface area contributed by atoms with Crippen LogP contribution in [0.2, 0.25) is 0 Å². The first kappa shape index (κ1) is 17.0. The van der Waals surface area contributed by atoms with Gasteiger partial charge in [0.15, 0.2) is 0 Å². The number of hydrogen-bond donors (Lipinski definition) is 1. The molecule has 1 aromatic carbocycles. The van der Waals surface area contributed by atoms with Crippen molar-refractivity contribution >= 4 is 10.9 Å². The van der Waals surface area contributed by atoms with E-state index >= 15 is 0 Å². The maximum absolute atomic E-state index is 5.85. The zero-order chi connectivity index (χ0) is 18.2. The van der Waals surface area contributed by atoms with Crippen molar-refractivity contribution in [2.75, 3.05) is 13.2 Å². The Hall–Kier alpha value is -2.11. The summed E-state index contributed by atoms with van der Waals surface area (Å²) in [5, 5.41) is 9.41. The largest absolute Gasteiger partial charge is 0.357 e. The van der Waals surface area contributed by atoms with E-state index in [1.807, 2.05) is 10.9 Å². The van der Waals surface area contributed by atoms with Gasteiger partial charge >= 0.3 is 0 Å². The van der Waals surface area contributed by atoms with Crippen molar-refractivity contribution in [2.24, 2.45) is 5.92 Å². The van der Waals surface area contributed by atoms with Gasteiger partial charge in [0, 0.05) is 48.1 Å². The summed E-state index contributed by atoms with van der Waals surface area (Å²) in [6, 6.07) is 9.64. The van der Waals surface area contributed by atoms with Gasteiger partial charge < -0.3 is 14.6 Å². The van der Waals surface area contributed by atoms with Crippen LogP contribution in [0.25, 0.3) is 22.0 Å². The molecule has 5 nitrogen and oxygen atoms in total. The van der Waals surface area contributed by atoms with Crippen molar-refractivity contribution in [3.8, 4) is 11.1 Å². The van der Waals surface area contributed by atoms with E-state index in [4.69, 9.17) is 4.74 Å². The van der Waals surface area contributed by atoms with Crippen LogP contribution in [0, 0.1) is 5.92 Å². The van der Waals surface area contributed by atoms with E-state index in [0.717, 1.165) is 44.0 Å². The van der Waals surface area contributed by atoms with E-state index < -0.39 is 0 Å². The molecule has 2 aromatic heterocycles. The molecule has 2 fully saturated rings. The van der Waals surface area contributed by atoms with Crippen LogP contribution in [-0.2, 0) is 11.3 Å². The lowest BCUT2D eigenvalue weighted by Crippen LogP contribution is -2.18. The minimum absolute atomic E-state index is 0.0970. The number of hydrogen-bond acceptors (Lipinski definition) is 3. The van der Waals surface area contributed by atoms with Gasteiger partial charge in [-0.1, -0.05) is 6.07 Å². The fraction of sp³-hybridized carbons (Fsp3) is 0.500. The summed E-state index contributed by atoms with van der Waals surface area (Å²) in [6.45, 7) is 5.34. The number of ether oxygens (including phenoxy) is 1. The molecule has 2 aliphatic heterocycles. The second kappa shape index (κ2) is 7.13. The Kier molecular flexibility index (Phi) is 4.50. The highest BCUT2D eigenvalue weighted by Crippen LogP contribution is 2.28. The Morgan fingerprint density at radius 1 is 1.22 bits per heavy atom. The first-order valence-electron chi connectivity index (χ1n) is 10.2. The van der Waals surface area contributed by atoms with Crippen LogP contribution in [0.5, 0.6) is 0 Å². The highest BCUT2D eigenvalue weighted by atomic mass is 16.5. The number of benzene rings is 1. The van der Waals surface area contributed by atoms with Crippen LogP contribution < -0.4 is 5.32 Å². The lowest BCUT2D eigenvalue weighted by molar-refractivity contribution is -0.0394. The molecular weight excluding hydrogens is 336 g/mol. The van der Waals surface area contributed by atoms with Crippen LogP contribution in [0.1, 0.15) is 38.8 Å². The molecule has 1 N–H and O–H groups in total. The zero-order valence-electron chi connectivity index (χ0n) is 16.0. The molecule has 0 amide bonds. The highest BCUT2D eigenvalue weighted by molar-refractivity contribution is 5.85. The molecule has 3 aromatic rings. The topological polar surface area (TPSA) is 44.0 Å². The number of aromatic nitrogens is 3. The molecule has 0 saturated carbocycles. The summed E-state index contributed by atoms with van der Waals surface area (Å²) >= 11 is 0. The van der Waals surface area contributed by atoms with Gasteiger partial charge in [-0.25, -0.2) is 4.68 Å². The summed E-state index contributed by atoms with van der Waals surface area (Å²) < 4.78 is 10.2. The molecule has 142 valence electrons. The molecule has 5 rings (SSSR count). The van der Waals surface area contributed by atoms with Crippen molar-refractivity contribution in [1.29, 1.82) is 0 Å². The van der Waals surface area contributed by atoms with Crippen LogP contribution in [-0.4, -0.2) is 33.5 Å². The SMILES string of the molecule is C[C@@H]1C[C@@H](Cn2ccc3cc(-c4cnn(C5CCCCO5)c4)ccc32)CN1. The second-order valence-electron chi connectivity index (χ2n) is 8.18. The fourth-order valence-corrected chi connectivity index (χ4v) is 4.57. The van der Waals surface area contributed by atoms with E-state index in [-0.39, 0.29) is 6.23 Å². The molecule has 0 radical (unpaired) electrons. The quantitative estimate of drug-likeness (QED) is 0.754. The normalized spacial score (nSPS) is 26.0. The molecule has 3 atom stereocenters. The summed E-state index contributed by atoms with van der Waals surface area (Å²) in [6.07, 6.45) is 11.1. The van der Waals surface area contributed by atoms with Gasteiger partial charge in [0.25, 0.3) is 0 Å². The number of rotatable bonds is 4. The minimum atomic E-state index is 0.0970. The Labute approximate surface area is 160 Å². The van der Waals surface area contributed by atoms with Crippen LogP contribution in [0.3, 0.4) is 0 Å². The molecule has 0 bridgehead atoms. The second-order valence-corrected chi connectivity index (χ2v) is 8.18. The molecule has 4 heterocycles. The molecule has 1 unspecified atom stereocenters. The van der Waals surface area contributed by atoms with Crippen molar-refractivity contribution < 1.29 is 4.74 Å². The maximum Gasteiger partial charge on any atom is 0.150 e. The first-order chi connectivity index (χ1) is 13.3. The molecule has 5 heteroatoms. The van der Waals surface area contributed by atoms with Gasteiger partial charge in [-0.2, -0.15) is 5.10 Å². The van der Waals surface area contributed by atoms with Gasteiger partial charge in [0.1, 0.15) is 6.23 Å². The smallest absolute Gasteiger partial charge is 0.150 e. The average molecular weight is 364 g/mol. The third-order valence-electron chi connectivity index (χ3n) is 6.05. The van der Waals surface area contributed by atoms with E-state index in [1.54, 1.807) is 0 Å². The predicted octanol–water partition coefficient (Wildman–Crippen LogP) is 4.20. The van der Waals surface area contributed by atoms with Crippen molar-refractivity contribution in [3.05, 3.63) is 42.9 Å². The average Bonchev–Trinajstić information content (AvgIpc) is 3.43. The van der Waals surface area contributed by atoms with Crippen LogP contribution >= 0.6 is 0 Å². The standard InChI is InChI=1S/C22H28N4O/c1-16-10-17(12-23-16)14-25-8-7-19-11-18(5-6-21(19)25)20-13-24-26(15-20)22-4-2-3-9-27-22/h5-8,11,13,15-17,22-23H,2-4,9-10,12,14H2,1H3/t16-,17-,22?/m1/s1. The molecule has 2 aliphatic rings. The van der Waals surface area contributed by atoms with Crippen molar-refractivity contribution in [2.45, 2.75) is 51.4 Å². The Morgan fingerprint density at radius 2 is 2.19 bits per heavy atom. The van der Waals surface area contributed by atoms with Gasteiger partial charge in [-0.3, -0.25) is 0 Å². The molecule has 0 spiro atoms. The van der Waals surface area contributed by atoms with E-state index in [1.165, 1.54) is 29.3 Å². The fourth-order valence-electron chi connectivity index (χ4n) is 4.57. The van der Waals surface area contributed by atoms with Gasteiger partial charge in [-0.15, -0.1) is 0 Å². The maximum atomic E-state index is 5.85. The predicted molar refractivity (Wildman–Crippen MR) is 108 cm³/mol. The Balaban J connectivity index is 1.36. The Bertz CT molecular complexity index is 921. The van der Waals surface area contributed by atoms with E-state index in [0.29, 0.717) is 6.04 Å². The summed E-state index contributed by atoms with van der Waals surface area (Å²) in [4.78, 5) is 0. The monoisotopic (exact) mass is 364 g/mol. The lowest BCUT2D eigenvalue weighted by atomic mass is 10.1. The van der Waals surface area contributed by atoms with Crippen molar-refractivity contribution in [1.82, 2.24) is 19.7 Å². The van der Waals surface area contributed by atoms with E-state index in [2.05, 4.69) is 58.6 Å². The van der Waals surface area contributed by atoms with Gasteiger partial charge in [0.05, 0.1) is 6.20 Å². The third-order valence-corrected chi connectivity index (χ3v) is 6.05. The highest BCUT2D eigenvalue weighted by Gasteiger charge is 2.21. The Morgan fingerprint density at radius 3 is 3.00 bits per heavy atom. The molecule has 27 heavy (non-hydrogen) atoms. The lowest BCUT2D eigenvalue weighted by Gasteiger charge is -2.22. The summed E-state index contributed by atoms with van der Waals surface area (Å²) in [5.41, 5.74) is 3.70. The molecular formula is C22H28N4O.